The lowest BCUT2D eigenvalue weighted by atomic mass is 9.99. The maximum atomic E-state index is 12.5. The Labute approximate surface area is 126 Å². The summed E-state index contributed by atoms with van der Waals surface area (Å²) in [5.74, 6) is 0.495. The summed E-state index contributed by atoms with van der Waals surface area (Å²) in [6, 6.07) is 6.79. The molecule has 1 aromatic rings. The molecule has 1 fully saturated rings. The third-order valence-corrected chi connectivity index (χ3v) is 5.10. The maximum absolute atomic E-state index is 12.5. The minimum atomic E-state index is -3.32. The van der Waals surface area contributed by atoms with Crippen molar-refractivity contribution in [1.82, 2.24) is 4.90 Å². The van der Waals surface area contributed by atoms with Gasteiger partial charge in [-0.3, -0.25) is 9.10 Å². The Hall–Kier alpha value is -1.56. The monoisotopic (exact) mass is 310 g/mol. The summed E-state index contributed by atoms with van der Waals surface area (Å²) in [5.41, 5.74) is 1.05. The van der Waals surface area contributed by atoms with Crippen molar-refractivity contribution in [2.75, 3.05) is 30.7 Å². The third-order valence-electron chi connectivity index (χ3n) is 3.90. The summed E-state index contributed by atoms with van der Waals surface area (Å²) in [5, 5.41) is 0. The molecule has 116 valence electrons. The standard InChI is InChI=1S/C15H22N2O3S/c1-12-6-5-9-17(11-12)15(18)13-7-4-8-14(10-13)16(2)21(3,19)20/h4,7-8,10,12H,5-6,9,11H2,1-3H3. The number of amides is 1. The van der Waals surface area contributed by atoms with Crippen LogP contribution < -0.4 is 4.31 Å². The van der Waals surface area contributed by atoms with Crippen molar-refractivity contribution in [2.45, 2.75) is 19.8 Å². The molecule has 1 atom stereocenters. The van der Waals surface area contributed by atoms with Crippen molar-refractivity contribution in [3.63, 3.8) is 0 Å². The smallest absolute Gasteiger partial charge is 0.253 e. The van der Waals surface area contributed by atoms with E-state index >= 15 is 0 Å². The van der Waals surface area contributed by atoms with Gasteiger partial charge in [0.2, 0.25) is 10.0 Å². The summed E-state index contributed by atoms with van der Waals surface area (Å²) >= 11 is 0. The molecule has 1 aliphatic rings. The number of anilines is 1. The van der Waals surface area contributed by atoms with Gasteiger partial charge in [0.05, 0.1) is 11.9 Å². The number of sulfonamides is 1. The lowest BCUT2D eigenvalue weighted by Gasteiger charge is -2.31. The van der Waals surface area contributed by atoms with Crippen LogP contribution in [0.4, 0.5) is 5.69 Å². The molecule has 21 heavy (non-hydrogen) atoms. The zero-order valence-corrected chi connectivity index (χ0v) is 13.6. The number of piperidine rings is 1. The van der Waals surface area contributed by atoms with Crippen molar-refractivity contribution in [1.29, 1.82) is 0 Å². The molecule has 6 heteroatoms. The van der Waals surface area contributed by atoms with Gasteiger partial charge in [-0.2, -0.15) is 0 Å². The Morgan fingerprint density at radius 3 is 2.71 bits per heavy atom. The molecule has 2 rings (SSSR count). The molecule has 1 amide bonds. The van der Waals surface area contributed by atoms with E-state index in [1.54, 1.807) is 24.3 Å². The van der Waals surface area contributed by atoms with Crippen LogP contribution >= 0.6 is 0 Å². The van der Waals surface area contributed by atoms with Crippen molar-refractivity contribution < 1.29 is 13.2 Å². The highest BCUT2D eigenvalue weighted by Crippen LogP contribution is 2.21. The molecule has 1 unspecified atom stereocenters. The highest BCUT2D eigenvalue weighted by Gasteiger charge is 2.22. The van der Waals surface area contributed by atoms with E-state index in [-0.39, 0.29) is 5.91 Å². The second-order valence-electron chi connectivity index (χ2n) is 5.78. The number of carbonyl (C=O) groups excluding carboxylic acids is 1. The Morgan fingerprint density at radius 2 is 2.10 bits per heavy atom. The first kappa shape index (κ1) is 15.8. The van der Waals surface area contributed by atoms with Crippen LogP contribution in [0.15, 0.2) is 24.3 Å². The lowest BCUT2D eigenvalue weighted by molar-refractivity contribution is 0.0683. The molecule has 1 saturated heterocycles. The second kappa shape index (κ2) is 6.05. The van der Waals surface area contributed by atoms with E-state index in [1.165, 1.54) is 11.4 Å². The zero-order chi connectivity index (χ0) is 15.6. The molecular weight excluding hydrogens is 288 g/mol. The van der Waals surface area contributed by atoms with Crippen molar-refractivity contribution in [3.8, 4) is 0 Å². The first-order chi connectivity index (χ1) is 9.79. The summed E-state index contributed by atoms with van der Waals surface area (Å²) in [7, 11) is -1.84. The van der Waals surface area contributed by atoms with Gasteiger partial charge < -0.3 is 4.90 Å². The Kier molecular flexibility index (Phi) is 4.56. The van der Waals surface area contributed by atoms with Gasteiger partial charge in [-0.1, -0.05) is 13.0 Å². The van der Waals surface area contributed by atoms with Gasteiger partial charge in [0, 0.05) is 25.7 Å². The maximum Gasteiger partial charge on any atom is 0.253 e. The van der Waals surface area contributed by atoms with Gasteiger partial charge >= 0.3 is 0 Å². The third kappa shape index (κ3) is 3.75. The van der Waals surface area contributed by atoms with Gasteiger partial charge in [-0.15, -0.1) is 0 Å². The van der Waals surface area contributed by atoms with Crippen LogP contribution in [0, 0.1) is 5.92 Å². The number of rotatable bonds is 3. The van der Waals surface area contributed by atoms with E-state index in [1.807, 2.05) is 4.90 Å². The quantitative estimate of drug-likeness (QED) is 0.857. The highest BCUT2D eigenvalue weighted by atomic mass is 32.2. The van der Waals surface area contributed by atoms with Crippen molar-refractivity contribution in [3.05, 3.63) is 29.8 Å². The average molecular weight is 310 g/mol. The predicted octanol–water partition coefficient (Wildman–Crippen LogP) is 1.95. The van der Waals surface area contributed by atoms with Crippen LogP contribution in [-0.2, 0) is 10.0 Å². The van der Waals surface area contributed by atoms with Crippen LogP contribution in [0.25, 0.3) is 0 Å². The molecule has 5 nitrogen and oxygen atoms in total. The minimum Gasteiger partial charge on any atom is -0.338 e. The fourth-order valence-corrected chi connectivity index (χ4v) is 3.08. The number of hydrogen-bond donors (Lipinski definition) is 0. The zero-order valence-electron chi connectivity index (χ0n) is 12.7. The molecule has 1 aromatic carbocycles. The number of carbonyl (C=O) groups is 1. The van der Waals surface area contributed by atoms with Crippen molar-refractivity contribution >= 4 is 21.6 Å². The largest absolute Gasteiger partial charge is 0.338 e. The Morgan fingerprint density at radius 1 is 1.38 bits per heavy atom. The summed E-state index contributed by atoms with van der Waals surface area (Å²) in [6.45, 7) is 3.69. The van der Waals surface area contributed by atoms with Gasteiger partial charge in [0.15, 0.2) is 0 Å². The number of hydrogen-bond acceptors (Lipinski definition) is 3. The average Bonchev–Trinajstić information content (AvgIpc) is 2.45. The van der Waals surface area contributed by atoms with Crippen LogP contribution in [0.2, 0.25) is 0 Å². The molecule has 0 spiro atoms. The van der Waals surface area contributed by atoms with Gasteiger partial charge in [-0.25, -0.2) is 8.42 Å². The minimum absolute atomic E-state index is 0.0229. The van der Waals surface area contributed by atoms with E-state index in [0.29, 0.717) is 17.2 Å². The van der Waals surface area contributed by atoms with E-state index in [2.05, 4.69) is 6.92 Å². The number of benzene rings is 1. The SMILES string of the molecule is CC1CCCN(C(=O)c2cccc(N(C)S(C)(=O)=O)c2)C1. The predicted molar refractivity (Wildman–Crippen MR) is 84.0 cm³/mol. The summed E-state index contributed by atoms with van der Waals surface area (Å²) in [4.78, 5) is 14.4. The fraction of sp³-hybridized carbons (Fsp3) is 0.533. The molecular formula is C15H22N2O3S. The number of nitrogens with zero attached hydrogens (tertiary/aromatic N) is 2. The van der Waals surface area contributed by atoms with E-state index in [0.717, 1.165) is 32.2 Å². The van der Waals surface area contributed by atoms with E-state index in [4.69, 9.17) is 0 Å². The fourth-order valence-electron chi connectivity index (χ4n) is 2.58. The van der Waals surface area contributed by atoms with Gasteiger partial charge in [0.25, 0.3) is 5.91 Å². The molecule has 0 bridgehead atoms. The normalized spacial score (nSPS) is 19.4. The molecule has 1 heterocycles. The van der Waals surface area contributed by atoms with Crippen LogP contribution in [0.5, 0.6) is 0 Å². The topological polar surface area (TPSA) is 57.7 Å². The van der Waals surface area contributed by atoms with Crippen LogP contribution in [-0.4, -0.2) is 45.6 Å². The van der Waals surface area contributed by atoms with Crippen LogP contribution in [0.1, 0.15) is 30.1 Å². The molecule has 0 radical (unpaired) electrons. The first-order valence-corrected chi connectivity index (χ1v) is 8.97. The molecule has 0 aromatic heterocycles. The number of likely N-dealkylation sites (tertiary alicyclic amines) is 1. The first-order valence-electron chi connectivity index (χ1n) is 7.12. The van der Waals surface area contributed by atoms with Gasteiger partial charge in [-0.05, 0) is 37.0 Å². The molecule has 1 aliphatic heterocycles. The summed E-state index contributed by atoms with van der Waals surface area (Å²) < 4.78 is 24.4. The van der Waals surface area contributed by atoms with E-state index in [9.17, 15) is 13.2 Å². The lowest BCUT2D eigenvalue weighted by Crippen LogP contribution is -2.39. The summed E-state index contributed by atoms with van der Waals surface area (Å²) in [6.07, 6.45) is 3.32. The van der Waals surface area contributed by atoms with Gasteiger partial charge in [0.1, 0.15) is 0 Å². The highest BCUT2D eigenvalue weighted by molar-refractivity contribution is 7.92. The Bertz CT molecular complexity index is 628. The molecule has 0 N–H and O–H groups in total. The van der Waals surface area contributed by atoms with Crippen LogP contribution in [0.3, 0.4) is 0 Å². The second-order valence-corrected chi connectivity index (χ2v) is 7.79. The molecule has 0 saturated carbocycles. The van der Waals surface area contributed by atoms with E-state index < -0.39 is 10.0 Å². The Balaban J connectivity index is 2.23. The van der Waals surface area contributed by atoms with Crippen molar-refractivity contribution in [2.24, 2.45) is 5.92 Å². The molecule has 0 aliphatic carbocycles.